The van der Waals surface area contributed by atoms with Crippen LogP contribution in [0, 0.1) is 0 Å². The third-order valence-electron chi connectivity index (χ3n) is 5.22. The molecule has 2 fully saturated rings. The van der Waals surface area contributed by atoms with Crippen molar-refractivity contribution in [1.29, 1.82) is 0 Å². The van der Waals surface area contributed by atoms with Crippen LogP contribution in [0.2, 0.25) is 4.34 Å². The van der Waals surface area contributed by atoms with Gasteiger partial charge in [-0.05, 0) is 42.8 Å². The minimum Gasteiger partial charge on any atom is -0.370 e. The summed E-state index contributed by atoms with van der Waals surface area (Å²) < 4.78 is 5.73. The Labute approximate surface area is 189 Å². The van der Waals surface area contributed by atoms with Gasteiger partial charge in [0.15, 0.2) is 0 Å². The van der Waals surface area contributed by atoms with Gasteiger partial charge < -0.3 is 20.3 Å². The first kappa shape index (κ1) is 21.8. The number of thiophene rings is 1. The van der Waals surface area contributed by atoms with E-state index in [-0.39, 0.29) is 36.9 Å². The highest BCUT2D eigenvalue weighted by Crippen LogP contribution is 2.22. The Hall–Kier alpha value is -2.46. The maximum Gasteiger partial charge on any atom is 0.261 e. The normalized spacial score (nSPS) is 19.5. The molecule has 2 aliphatic rings. The zero-order chi connectivity index (χ0) is 21.8. The Kier molecular flexibility index (Phi) is 6.86. The van der Waals surface area contributed by atoms with E-state index >= 15 is 0 Å². The van der Waals surface area contributed by atoms with Crippen LogP contribution in [0.4, 0.5) is 11.4 Å². The predicted molar refractivity (Wildman–Crippen MR) is 120 cm³/mol. The van der Waals surface area contributed by atoms with Gasteiger partial charge in [-0.15, -0.1) is 11.3 Å². The van der Waals surface area contributed by atoms with Crippen LogP contribution < -0.4 is 15.5 Å². The molecule has 4 rings (SSSR count). The minimum absolute atomic E-state index is 0.00604. The number of morpholine rings is 1. The molecule has 31 heavy (non-hydrogen) atoms. The monoisotopic (exact) mass is 462 g/mol. The Bertz CT molecular complexity index is 965. The van der Waals surface area contributed by atoms with E-state index in [9.17, 15) is 14.4 Å². The van der Waals surface area contributed by atoms with Crippen molar-refractivity contribution >= 4 is 52.0 Å². The van der Waals surface area contributed by atoms with Crippen molar-refractivity contribution in [3.05, 3.63) is 45.6 Å². The van der Waals surface area contributed by atoms with Crippen molar-refractivity contribution in [2.75, 3.05) is 49.6 Å². The molecule has 2 N–H and O–H groups in total. The molecule has 0 spiro atoms. The summed E-state index contributed by atoms with van der Waals surface area (Å²) in [6.45, 7) is 2.75. The van der Waals surface area contributed by atoms with Crippen molar-refractivity contribution in [3.63, 3.8) is 0 Å². The number of carbonyl (C=O) groups excluding carboxylic acids is 3. The average molecular weight is 463 g/mol. The molecule has 0 saturated carbocycles. The first-order chi connectivity index (χ1) is 15.0. The van der Waals surface area contributed by atoms with E-state index < -0.39 is 0 Å². The van der Waals surface area contributed by atoms with Crippen LogP contribution in [-0.4, -0.2) is 68.1 Å². The molecule has 1 aromatic carbocycles. The Balaban J connectivity index is 1.23. The van der Waals surface area contributed by atoms with Gasteiger partial charge in [0.05, 0.1) is 22.4 Å². The SMILES string of the molecule is O=C(CN1CC[C@@H](NC(=O)c2ccc(Cl)s2)C1)Nc1ccc(N2CCOCC2=O)cc1. The Morgan fingerprint density at radius 3 is 2.68 bits per heavy atom. The van der Waals surface area contributed by atoms with Crippen LogP contribution in [0.5, 0.6) is 0 Å². The quantitative estimate of drug-likeness (QED) is 0.686. The van der Waals surface area contributed by atoms with Gasteiger partial charge in [-0.25, -0.2) is 0 Å². The van der Waals surface area contributed by atoms with Gasteiger partial charge in [0.25, 0.3) is 11.8 Å². The number of nitrogens with one attached hydrogen (secondary N) is 2. The maximum absolute atomic E-state index is 12.4. The highest BCUT2D eigenvalue weighted by atomic mass is 35.5. The molecule has 10 heteroatoms. The summed E-state index contributed by atoms with van der Waals surface area (Å²) in [6, 6.07) is 10.6. The fraction of sp³-hybridized carbons (Fsp3) is 0.381. The Morgan fingerprint density at radius 1 is 1.16 bits per heavy atom. The molecule has 2 aliphatic heterocycles. The topological polar surface area (TPSA) is 91.0 Å². The number of benzene rings is 1. The van der Waals surface area contributed by atoms with Gasteiger partial charge in [0.2, 0.25) is 5.91 Å². The van der Waals surface area contributed by atoms with E-state index in [2.05, 4.69) is 10.6 Å². The lowest BCUT2D eigenvalue weighted by molar-refractivity contribution is -0.125. The Morgan fingerprint density at radius 2 is 1.97 bits per heavy atom. The fourth-order valence-electron chi connectivity index (χ4n) is 3.71. The summed E-state index contributed by atoms with van der Waals surface area (Å²) in [4.78, 5) is 40.9. The number of likely N-dealkylation sites (tertiary alicyclic amines) is 1. The van der Waals surface area contributed by atoms with E-state index in [1.165, 1.54) is 11.3 Å². The van der Waals surface area contributed by atoms with E-state index in [1.54, 1.807) is 29.2 Å². The fourth-order valence-corrected chi connectivity index (χ4v) is 4.65. The molecule has 164 valence electrons. The van der Waals surface area contributed by atoms with E-state index in [0.717, 1.165) is 18.7 Å². The predicted octanol–water partition coefficient (Wildman–Crippen LogP) is 2.21. The molecule has 0 unspecified atom stereocenters. The first-order valence-electron chi connectivity index (χ1n) is 10.0. The molecule has 1 atom stereocenters. The maximum atomic E-state index is 12.4. The molecular formula is C21H23ClN4O4S. The zero-order valence-corrected chi connectivity index (χ0v) is 18.4. The number of ether oxygens (including phenoxy) is 1. The van der Waals surface area contributed by atoms with Crippen LogP contribution in [0.15, 0.2) is 36.4 Å². The molecule has 8 nitrogen and oxygen atoms in total. The lowest BCUT2D eigenvalue weighted by Gasteiger charge is -2.27. The third-order valence-corrected chi connectivity index (χ3v) is 6.45. The van der Waals surface area contributed by atoms with Crippen LogP contribution in [0.25, 0.3) is 0 Å². The second kappa shape index (κ2) is 9.78. The van der Waals surface area contributed by atoms with Crippen LogP contribution in [0.1, 0.15) is 16.1 Å². The highest BCUT2D eigenvalue weighted by Gasteiger charge is 2.26. The summed E-state index contributed by atoms with van der Waals surface area (Å²) >= 11 is 7.14. The smallest absolute Gasteiger partial charge is 0.261 e. The molecule has 3 heterocycles. The van der Waals surface area contributed by atoms with E-state index in [4.69, 9.17) is 16.3 Å². The summed E-state index contributed by atoms with van der Waals surface area (Å²) in [5, 5.41) is 5.89. The number of rotatable bonds is 6. The lowest BCUT2D eigenvalue weighted by Crippen LogP contribution is -2.41. The van der Waals surface area contributed by atoms with Crippen LogP contribution in [-0.2, 0) is 14.3 Å². The number of halogens is 1. The molecule has 0 aliphatic carbocycles. The molecule has 0 bridgehead atoms. The summed E-state index contributed by atoms with van der Waals surface area (Å²) in [5.74, 6) is -0.319. The zero-order valence-electron chi connectivity index (χ0n) is 16.8. The third kappa shape index (κ3) is 5.62. The molecule has 2 saturated heterocycles. The first-order valence-corrected chi connectivity index (χ1v) is 11.2. The summed E-state index contributed by atoms with van der Waals surface area (Å²) in [5.41, 5.74) is 1.46. The van der Waals surface area contributed by atoms with Crippen molar-refractivity contribution in [2.24, 2.45) is 0 Å². The van der Waals surface area contributed by atoms with E-state index in [0.29, 0.717) is 34.6 Å². The summed E-state index contributed by atoms with van der Waals surface area (Å²) in [7, 11) is 0. The van der Waals surface area contributed by atoms with Crippen molar-refractivity contribution in [3.8, 4) is 0 Å². The summed E-state index contributed by atoms with van der Waals surface area (Å²) in [6.07, 6.45) is 0.792. The van der Waals surface area contributed by atoms with Gasteiger partial charge in [-0.1, -0.05) is 11.6 Å². The average Bonchev–Trinajstić information content (AvgIpc) is 3.38. The number of carbonyl (C=O) groups is 3. The second-order valence-electron chi connectivity index (χ2n) is 7.49. The number of hydrogen-bond acceptors (Lipinski definition) is 6. The van der Waals surface area contributed by atoms with Gasteiger partial charge in [0, 0.05) is 37.1 Å². The van der Waals surface area contributed by atoms with Crippen molar-refractivity contribution in [1.82, 2.24) is 10.2 Å². The number of hydrogen-bond donors (Lipinski definition) is 2. The number of nitrogens with zero attached hydrogens (tertiary/aromatic N) is 2. The van der Waals surface area contributed by atoms with Gasteiger partial charge in [-0.2, -0.15) is 0 Å². The van der Waals surface area contributed by atoms with Gasteiger partial charge >= 0.3 is 0 Å². The second-order valence-corrected chi connectivity index (χ2v) is 9.21. The lowest BCUT2D eigenvalue weighted by atomic mass is 10.2. The van der Waals surface area contributed by atoms with Gasteiger partial charge in [0.1, 0.15) is 6.61 Å². The van der Waals surface area contributed by atoms with Crippen LogP contribution in [0.3, 0.4) is 0 Å². The number of amides is 3. The molecule has 2 aromatic rings. The molecule has 3 amide bonds. The molecule has 1 aromatic heterocycles. The molecule has 0 radical (unpaired) electrons. The number of anilines is 2. The van der Waals surface area contributed by atoms with E-state index in [1.807, 2.05) is 17.0 Å². The standard InChI is InChI=1S/C21H23ClN4O4S/c22-18-6-5-17(31-18)21(29)24-15-7-8-25(11-15)12-19(27)23-14-1-3-16(4-2-14)26-9-10-30-13-20(26)28/h1-6,15H,7-13H2,(H,23,27)(H,24,29)/t15-/m1/s1. The highest BCUT2D eigenvalue weighted by molar-refractivity contribution is 7.18. The van der Waals surface area contributed by atoms with Crippen molar-refractivity contribution in [2.45, 2.75) is 12.5 Å². The largest absolute Gasteiger partial charge is 0.370 e. The van der Waals surface area contributed by atoms with Crippen molar-refractivity contribution < 1.29 is 19.1 Å². The van der Waals surface area contributed by atoms with Crippen LogP contribution >= 0.6 is 22.9 Å². The molecular weight excluding hydrogens is 440 g/mol. The van der Waals surface area contributed by atoms with Gasteiger partial charge in [-0.3, -0.25) is 19.3 Å². The minimum atomic E-state index is -0.132.